The van der Waals surface area contributed by atoms with Gasteiger partial charge >= 0.3 is 0 Å². The number of rotatable bonds is 4. The first-order valence-corrected chi connectivity index (χ1v) is 10.7. The molecule has 0 aliphatic carbocycles. The van der Waals surface area contributed by atoms with Gasteiger partial charge in [-0.1, -0.05) is 29.3 Å². The Morgan fingerprint density at radius 2 is 1.32 bits per heavy atom. The maximum absolute atomic E-state index is 14.1. The van der Waals surface area contributed by atoms with E-state index in [-0.39, 0.29) is 32.1 Å². The predicted octanol–water partition coefficient (Wildman–Crippen LogP) is 5.92. The van der Waals surface area contributed by atoms with E-state index in [4.69, 9.17) is 11.6 Å². The quantitative estimate of drug-likeness (QED) is 0.277. The van der Waals surface area contributed by atoms with Crippen LogP contribution in [0.3, 0.4) is 0 Å². The second-order valence-electron chi connectivity index (χ2n) is 7.88. The minimum atomic E-state index is -2.18. The highest BCUT2D eigenvalue weighted by atomic mass is 35.5. The molecule has 10 heteroatoms. The molecule has 1 N–H and O–H groups in total. The van der Waals surface area contributed by atoms with Crippen LogP contribution >= 0.6 is 11.6 Å². The molecule has 0 aromatic heterocycles. The van der Waals surface area contributed by atoms with Crippen molar-refractivity contribution in [1.29, 1.82) is 0 Å². The number of benzene rings is 3. The zero-order chi connectivity index (χ0) is 24.6. The van der Waals surface area contributed by atoms with Crippen molar-refractivity contribution in [1.82, 2.24) is 0 Å². The summed E-state index contributed by atoms with van der Waals surface area (Å²) in [6, 6.07) is 12.0. The lowest BCUT2D eigenvalue weighted by Crippen LogP contribution is -2.47. The van der Waals surface area contributed by atoms with E-state index in [0.717, 1.165) is 10.5 Å². The highest BCUT2D eigenvalue weighted by molar-refractivity contribution is 6.33. The zero-order valence-corrected chi connectivity index (χ0v) is 18.7. The molecule has 0 atom stereocenters. The normalized spacial score (nSPS) is 13.9. The van der Waals surface area contributed by atoms with Crippen molar-refractivity contribution in [3.63, 3.8) is 0 Å². The molecule has 0 unspecified atom stereocenters. The molecule has 0 bridgehead atoms. The van der Waals surface area contributed by atoms with Gasteiger partial charge in [-0.2, -0.15) is 0 Å². The van der Waals surface area contributed by atoms with Crippen molar-refractivity contribution >= 4 is 34.6 Å². The second kappa shape index (κ2) is 9.50. The summed E-state index contributed by atoms with van der Waals surface area (Å²) in [6.45, 7) is 2.41. The van der Waals surface area contributed by atoms with Crippen LogP contribution in [0.1, 0.15) is 15.9 Å². The lowest BCUT2D eigenvalue weighted by Gasteiger charge is -2.38. The third-order valence-electron chi connectivity index (χ3n) is 5.64. The van der Waals surface area contributed by atoms with Gasteiger partial charge in [0.1, 0.15) is 5.69 Å². The molecule has 3 aromatic carbocycles. The van der Waals surface area contributed by atoms with Gasteiger partial charge in [0.05, 0.1) is 10.7 Å². The van der Waals surface area contributed by atoms with Crippen LogP contribution in [0.2, 0.25) is 5.02 Å². The van der Waals surface area contributed by atoms with Gasteiger partial charge < -0.3 is 15.1 Å². The van der Waals surface area contributed by atoms with Gasteiger partial charge in [-0.3, -0.25) is 4.79 Å². The van der Waals surface area contributed by atoms with Crippen LogP contribution < -0.4 is 15.1 Å². The predicted molar refractivity (Wildman–Crippen MR) is 121 cm³/mol. The van der Waals surface area contributed by atoms with Crippen molar-refractivity contribution in [3.8, 4) is 0 Å². The maximum atomic E-state index is 14.1. The van der Waals surface area contributed by atoms with Crippen LogP contribution in [0.15, 0.2) is 42.5 Å². The SMILES string of the molecule is Cc1ccc(C(=O)Nc2ccc(N3CCN(c4c(F)c(F)c(F)c(F)c4F)CC3)c(Cl)c2)cc1. The number of hydrogen-bond donors (Lipinski definition) is 1. The summed E-state index contributed by atoms with van der Waals surface area (Å²) in [4.78, 5) is 15.4. The Hall–Kier alpha value is -3.33. The molecule has 1 heterocycles. The molecule has 34 heavy (non-hydrogen) atoms. The summed E-state index contributed by atoms with van der Waals surface area (Å²) < 4.78 is 68.7. The monoisotopic (exact) mass is 495 g/mol. The summed E-state index contributed by atoms with van der Waals surface area (Å²) in [7, 11) is 0. The van der Waals surface area contributed by atoms with Crippen molar-refractivity contribution in [3.05, 3.63) is 87.7 Å². The van der Waals surface area contributed by atoms with Gasteiger partial charge in [-0.05, 0) is 37.3 Å². The molecular weight excluding hydrogens is 477 g/mol. The molecule has 0 saturated carbocycles. The Bertz CT molecular complexity index is 1220. The van der Waals surface area contributed by atoms with E-state index in [0.29, 0.717) is 22.0 Å². The van der Waals surface area contributed by atoms with Gasteiger partial charge in [0.2, 0.25) is 5.82 Å². The molecule has 1 saturated heterocycles. The first kappa shape index (κ1) is 23.8. The molecule has 1 fully saturated rings. The minimum absolute atomic E-state index is 0.0145. The number of aryl methyl sites for hydroxylation is 1. The topological polar surface area (TPSA) is 35.6 Å². The Morgan fingerprint density at radius 1 is 0.794 bits per heavy atom. The van der Waals surface area contributed by atoms with Gasteiger partial charge in [0.15, 0.2) is 23.3 Å². The molecule has 0 spiro atoms. The molecule has 1 amide bonds. The number of nitrogens with zero attached hydrogens (tertiary/aromatic N) is 2. The highest BCUT2D eigenvalue weighted by Gasteiger charge is 2.31. The van der Waals surface area contributed by atoms with Gasteiger partial charge in [-0.15, -0.1) is 0 Å². The average Bonchev–Trinajstić information content (AvgIpc) is 2.83. The number of amides is 1. The fourth-order valence-electron chi connectivity index (χ4n) is 3.79. The molecule has 1 aliphatic rings. The largest absolute Gasteiger partial charge is 0.367 e. The van der Waals surface area contributed by atoms with Gasteiger partial charge in [0, 0.05) is 37.4 Å². The minimum Gasteiger partial charge on any atom is -0.367 e. The maximum Gasteiger partial charge on any atom is 0.255 e. The fraction of sp³-hybridized carbons (Fsp3) is 0.208. The van der Waals surface area contributed by atoms with Crippen molar-refractivity contribution in [2.45, 2.75) is 6.92 Å². The Morgan fingerprint density at radius 3 is 1.88 bits per heavy atom. The van der Waals surface area contributed by atoms with Crippen LogP contribution in [0.25, 0.3) is 0 Å². The van der Waals surface area contributed by atoms with E-state index >= 15 is 0 Å². The van der Waals surface area contributed by atoms with Crippen LogP contribution in [0.4, 0.5) is 39.0 Å². The van der Waals surface area contributed by atoms with E-state index in [1.54, 1.807) is 30.3 Å². The lowest BCUT2D eigenvalue weighted by atomic mass is 10.1. The van der Waals surface area contributed by atoms with E-state index in [2.05, 4.69) is 5.32 Å². The number of halogens is 6. The Labute approximate surface area is 197 Å². The van der Waals surface area contributed by atoms with Crippen LogP contribution in [-0.2, 0) is 0 Å². The summed E-state index contributed by atoms with van der Waals surface area (Å²) in [5.74, 6) is -10.1. The second-order valence-corrected chi connectivity index (χ2v) is 8.29. The number of carbonyl (C=O) groups excluding carboxylic acids is 1. The molecular formula is C24H19ClF5N3O. The number of nitrogens with one attached hydrogen (secondary N) is 1. The smallest absolute Gasteiger partial charge is 0.255 e. The molecule has 1 aliphatic heterocycles. The highest BCUT2D eigenvalue weighted by Crippen LogP contribution is 2.33. The third kappa shape index (κ3) is 4.52. The third-order valence-corrected chi connectivity index (χ3v) is 5.95. The van der Waals surface area contributed by atoms with E-state index in [1.165, 1.54) is 0 Å². The van der Waals surface area contributed by atoms with Gasteiger partial charge in [0.25, 0.3) is 5.91 Å². The summed E-state index contributed by atoms with van der Waals surface area (Å²) in [5.41, 5.74) is 1.70. The van der Waals surface area contributed by atoms with Gasteiger partial charge in [-0.25, -0.2) is 22.0 Å². The number of hydrogen-bond acceptors (Lipinski definition) is 3. The summed E-state index contributed by atoms with van der Waals surface area (Å²) in [6.07, 6.45) is 0. The van der Waals surface area contributed by atoms with Crippen LogP contribution in [0, 0.1) is 36.0 Å². The number of anilines is 3. The molecule has 4 nitrogen and oxygen atoms in total. The summed E-state index contributed by atoms with van der Waals surface area (Å²) >= 11 is 6.41. The first-order chi connectivity index (χ1) is 16.2. The fourth-order valence-corrected chi connectivity index (χ4v) is 4.09. The van der Waals surface area contributed by atoms with Crippen LogP contribution in [0.5, 0.6) is 0 Å². The number of carbonyl (C=O) groups is 1. The average molecular weight is 496 g/mol. The van der Waals surface area contributed by atoms with Crippen molar-refractivity contribution in [2.75, 3.05) is 41.3 Å². The van der Waals surface area contributed by atoms with Crippen molar-refractivity contribution in [2.24, 2.45) is 0 Å². The number of piperazine rings is 1. The first-order valence-electron chi connectivity index (χ1n) is 10.4. The van der Waals surface area contributed by atoms with Crippen molar-refractivity contribution < 1.29 is 26.7 Å². The zero-order valence-electron chi connectivity index (χ0n) is 17.9. The lowest BCUT2D eigenvalue weighted by molar-refractivity contribution is 0.102. The van der Waals surface area contributed by atoms with E-state index < -0.39 is 34.8 Å². The standard InChI is InChI=1S/C24H19ClF5N3O/c1-13-2-4-14(5-3-13)24(34)31-15-6-7-17(16(25)12-15)32-8-10-33(11-9-32)23-21(29)19(27)18(26)20(28)22(23)30/h2-7,12H,8-11H2,1H3,(H,31,34). The van der Waals surface area contributed by atoms with E-state index in [1.807, 2.05) is 24.0 Å². The molecule has 178 valence electrons. The molecule has 4 rings (SSSR count). The van der Waals surface area contributed by atoms with E-state index in [9.17, 15) is 26.7 Å². The van der Waals surface area contributed by atoms with Crippen LogP contribution in [-0.4, -0.2) is 32.1 Å². The molecule has 3 aromatic rings. The Balaban J connectivity index is 1.45. The Kier molecular flexibility index (Phi) is 6.65. The summed E-state index contributed by atoms with van der Waals surface area (Å²) in [5, 5.41) is 3.11. The molecule has 0 radical (unpaired) electrons.